The zero-order valence-electron chi connectivity index (χ0n) is 23.1. The summed E-state index contributed by atoms with van der Waals surface area (Å²) in [5.41, 5.74) is 2.43. The summed E-state index contributed by atoms with van der Waals surface area (Å²) >= 11 is 0. The molecule has 1 aromatic heterocycles. The average Bonchev–Trinajstić information content (AvgIpc) is 3.20. The number of rotatable bonds is 13. The molecule has 1 aromatic carbocycles. The molecule has 0 spiro atoms. The maximum Gasteiger partial charge on any atom is 0.313 e. The minimum atomic E-state index is -0.299. The first-order chi connectivity index (χ1) is 17.3. The highest BCUT2D eigenvalue weighted by molar-refractivity contribution is 5.97. The van der Waals surface area contributed by atoms with E-state index in [0.717, 1.165) is 56.5 Å². The molecule has 7 nitrogen and oxygen atoms in total. The second-order valence-electron chi connectivity index (χ2n) is 11.0. The number of esters is 1. The van der Waals surface area contributed by atoms with E-state index in [2.05, 4.69) is 37.2 Å². The first kappa shape index (κ1) is 28.2. The van der Waals surface area contributed by atoms with Gasteiger partial charge in [-0.25, -0.2) is 4.98 Å². The molecule has 36 heavy (non-hydrogen) atoms. The van der Waals surface area contributed by atoms with Gasteiger partial charge in [0.2, 0.25) is 0 Å². The van der Waals surface area contributed by atoms with Crippen LogP contribution in [0.5, 0.6) is 0 Å². The van der Waals surface area contributed by atoms with Gasteiger partial charge < -0.3 is 19.1 Å². The van der Waals surface area contributed by atoms with E-state index >= 15 is 0 Å². The number of amides is 1. The highest BCUT2D eigenvalue weighted by Gasteiger charge is 2.20. The largest absolute Gasteiger partial charge is 0.469 e. The van der Waals surface area contributed by atoms with Gasteiger partial charge in [-0.1, -0.05) is 34.1 Å². The Balaban J connectivity index is 1.85. The van der Waals surface area contributed by atoms with Gasteiger partial charge in [-0.05, 0) is 81.8 Å². The molecule has 1 aliphatic rings. The number of nitrogens with zero attached hydrogens (tertiary/aromatic N) is 4. The molecule has 2 heterocycles. The van der Waals surface area contributed by atoms with Gasteiger partial charge in [0.25, 0.3) is 5.91 Å². The van der Waals surface area contributed by atoms with Gasteiger partial charge in [0.15, 0.2) is 0 Å². The molecule has 0 bridgehead atoms. The summed E-state index contributed by atoms with van der Waals surface area (Å²) in [7, 11) is 1.41. The van der Waals surface area contributed by atoms with Crippen molar-refractivity contribution >= 4 is 22.9 Å². The van der Waals surface area contributed by atoms with Crippen molar-refractivity contribution in [2.45, 2.75) is 79.2 Å². The number of imidazole rings is 1. The maximum atomic E-state index is 13.6. The van der Waals surface area contributed by atoms with Crippen LogP contribution in [0.3, 0.4) is 0 Å². The van der Waals surface area contributed by atoms with Crippen molar-refractivity contribution in [2.24, 2.45) is 11.8 Å². The third kappa shape index (κ3) is 8.05. The second-order valence-corrected chi connectivity index (χ2v) is 11.0. The quantitative estimate of drug-likeness (QED) is 0.357. The third-order valence-corrected chi connectivity index (χ3v) is 7.15. The molecule has 7 heteroatoms. The summed E-state index contributed by atoms with van der Waals surface area (Å²) in [6.07, 6.45) is 6.97. The van der Waals surface area contributed by atoms with Crippen molar-refractivity contribution in [3.8, 4) is 0 Å². The molecule has 1 aliphatic heterocycles. The van der Waals surface area contributed by atoms with Crippen LogP contribution < -0.4 is 0 Å². The number of likely N-dealkylation sites (tertiary alicyclic amines) is 1. The molecule has 0 atom stereocenters. The molecule has 2 aromatic rings. The molecule has 0 N–H and O–H groups in total. The fourth-order valence-electron chi connectivity index (χ4n) is 4.85. The number of piperidine rings is 1. The Bertz CT molecular complexity index is 980. The van der Waals surface area contributed by atoms with Crippen LogP contribution in [-0.2, 0) is 22.5 Å². The van der Waals surface area contributed by atoms with Gasteiger partial charge in [0.05, 0.1) is 18.1 Å². The number of hydrogen-bond acceptors (Lipinski definition) is 5. The average molecular weight is 499 g/mol. The Morgan fingerprint density at radius 2 is 1.67 bits per heavy atom. The van der Waals surface area contributed by atoms with E-state index in [1.807, 2.05) is 23.1 Å². The molecule has 1 saturated heterocycles. The number of benzene rings is 1. The molecule has 1 fully saturated rings. The minimum Gasteiger partial charge on any atom is -0.469 e. The van der Waals surface area contributed by atoms with E-state index in [0.29, 0.717) is 23.2 Å². The van der Waals surface area contributed by atoms with E-state index in [9.17, 15) is 9.59 Å². The topological polar surface area (TPSA) is 67.7 Å². The number of aromatic nitrogens is 2. The van der Waals surface area contributed by atoms with Gasteiger partial charge in [-0.3, -0.25) is 9.59 Å². The van der Waals surface area contributed by atoms with Crippen molar-refractivity contribution in [2.75, 3.05) is 39.8 Å². The molecule has 1 amide bonds. The fourth-order valence-corrected chi connectivity index (χ4v) is 4.85. The van der Waals surface area contributed by atoms with E-state index in [1.165, 1.54) is 39.5 Å². The predicted octanol–water partition coefficient (Wildman–Crippen LogP) is 5.16. The van der Waals surface area contributed by atoms with E-state index in [-0.39, 0.29) is 18.3 Å². The van der Waals surface area contributed by atoms with Gasteiger partial charge in [-0.15, -0.1) is 0 Å². The molecule has 200 valence electrons. The number of ether oxygens (including phenoxy) is 1. The molecule has 0 aliphatic carbocycles. The molecule has 0 radical (unpaired) electrons. The summed E-state index contributed by atoms with van der Waals surface area (Å²) < 4.78 is 7.05. The van der Waals surface area contributed by atoms with Gasteiger partial charge >= 0.3 is 5.97 Å². The fraction of sp³-hybridized carbons (Fsp3) is 0.690. The van der Waals surface area contributed by atoms with Crippen LogP contribution in [0.1, 0.15) is 82.4 Å². The Morgan fingerprint density at radius 3 is 2.28 bits per heavy atom. The van der Waals surface area contributed by atoms with Crippen molar-refractivity contribution < 1.29 is 14.3 Å². The minimum absolute atomic E-state index is 0.0776. The Morgan fingerprint density at radius 1 is 1.00 bits per heavy atom. The van der Waals surface area contributed by atoms with Crippen LogP contribution in [0.4, 0.5) is 0 Å². The number of carbonyl (C=O) groups excluding carboxylic acids is 2. The molecule has 0 unspecified atom stereocenters. The Hall–Kier alpha value is -2.41. The summed E-state index contributed by atoms with van der Waals surface area (Å²) in [5.74, 6) is 1.57. The predicted molar refractivity (Wildman–Crippen MR) is 145 cm³/mol. The SMILES string of the molecule is COC(=O)Cc1nc2ccc(C(=O)N(CCC(C)C)CCC(C)C)cc2n1CCCN1CCCCC1. The normalized spacial score (nSPS) is 14.6. The lowest BCUT2D eigenvalue weighted by atomic mass is 10.1. The van der Waals surface area contributed by atoms with Crippen molar-refractivity contribution in [3.63, 3.8) is 0 Å². The van der Waals surface area contributed by atoms with Crippen molar-refractivity contribution in [1.82, 2.24) is 19.4 Å². The standard InChI is InChI=1S/C29H46N4O3/c1-22(2)12-18-32(19-13-23(3)4)29(35)24-10-11-25-26(20-24)33(27(30-25)21-28(34)36-5)17-9-16-31-14-7-6-8-15-31/h10-11,20,22-23H,6-9,12-19,21H2,1-5H3. The lowest BCUT2D eigenvalue weighted by Gasteiger charge is -2.26. The van der Waals surface area contributed by atoms with E-state index < -0.39 is 0 Å². The number of fused-ring (bicyclic) bond motifs is 1. The summed E-state index contributed by atoms with van der Waals surface area (Å²) in [5, 5.41) is 0. The van der Waals surface area contributed by atoms with Crippen molar-refractivity contribution in [1.29, 1.82) is 0 Å². The second kappa shape index (κ2) is 13.8. The lowest BCUT2D eigenvalue weighted by molar-refractivity contribution is -0.139. The zero-order chi connectivity index (χ0) is 26.1. The van der Waals surface area contributed by atoms with Crippen LogP contribution >= 0.6 is 0 Å². The Labute approximate surface area is 217 Å². The highest BCUT2D eigenvalue weighted by atomic mass is 16.5. The summed E-state index contributed by atoms with van der Waals surface area (Å²) in [6, 6.07) is 5.78. The highest BCUT2D eigenvalue weighted by Crippen LogP contribution is 2.22. The maximum absolute atomic E-state index is 13.6. The van der Waals surface area contributed by atoms with Gasteiger partial charge in [0, 0.05) is 25.2 Å². The van der Waals surface area contributed by atoms with Gasteiger partial charge in [-0.2, -0.15) is 0 Å². The van der Waals surface area contributed by atoms with E-state index in [4.69, 9.17) is 9.72 Å². The smallest absolute Gasteiger partial charge is 0.313 e. The molecular weight excluding hydrogens is 452 g/mol. The van der Waals surface area contributed by atoms with Crippen molar-refractivity contribution in [3.05, 3.63) is 29.6 Å². The number of hydrogen-bond donors (Lipinski definition) is 0. The first-order valence-corrected chi connectivity index (χ1v) is 13.9. The monoisotopic (exact) mass is 498 g/mol. The summed E-state index contributed by atoms with van der Waals surface area (Å²) in [6.45, 7) is 14.5. The lowest BCUT2D eigenvalue weighted by Crippen LogP contribution is -2.34. The molecule has 0 saturated carbocycles. The van der Waals surface area contributed by atoms with E-state index in [1.54, 1.807) is 0 Å². The molecule has 3 rings (SSSR count). The Kier molecular flexibility index (Phi) is 10.8. The third-order valence-electron chi connectivity index (χ3n) is 7.15. The van der Waals surface area contributed by atoms with Crippen LogP contribution in [0.2, 0.25) is 0 Å². The van der Waals surface area contributed by atoms with Crippen LogP contribution in [0.15, 0.2) is 18.2 Å². The number of aryl methyl sites for hydroxylation is 1. The number of methoxy groups -OCH3 is 1. The molecular formula is C29H46N4O3. The van der Waals surface area contributed by atoms with Crippen LogP contribution in [0, 0.1) is 11.8 Å². The first-order valence-electron chi connectivity index (χ1n) is 13.9. The number of carbonyl (C=O) groups is 2. The van der Waals surface area contributed by atoms with Crippen LogP contribution in [0.25, 0.3) is 11.0 Å². The zero-order valence-corrected chi connectivity index (χ0v) is 23.1. The van der Waals surface area contributed by atoms with Crippen LogP contribution in [-0.4, -0.2) is 71.1 Å². The summed E-state index contributed by atoms with van der Waals surface area (Å²) in [4.78, 5) is 35.0. The van der Waals surface area contributed by atoms with Gasteiger partial charge in [0.1, 0.15) is 12.2 Å².